The van der Waals surface area contributed by atoms with Crippen LogP contribution in [0.5, 0.6) is 5.75 Å². The number of halogens is 1. The van der Waals surface area contributed by atoms with E-state index in [-0.39, 0.29) is 0 Å². The van der Waals surface area contributed by atoms with Gasteiger partial charge in [-0.25, -0.2) is 0 Å². The van der Waals surface area contributed by atoms with Gasteiger partial charge in [0.25, 0.3) is 0 Å². The molecule has 0 amide bonds. The van der Waals surface area contributed by atoms with Gasteiger partial charge in [0.05, 0.1) is 0 Å². The van der Waals surface area contributed by atoms with Gasteiger partial charge in [0.1, 0.15) is 12.4 Å². The van der Waals surface area contributed by atoms with Gasteiger partial charge >= 0.3 is 0 Å². The summed E-state index contributed by atoms with van der Waals surface area (Å²) >= 11 is 6.10. The van der Waals surface area contributed by atoms with Gasteiger partial charge in [0.15, 0.2) is 0 Å². The second-order valence-corrected chi connectivity index (χ2v) is 5.09. The van der Waals surface area contributed by atoms with E-state index in [1.165, 1.54) is 5.56 Å². The smallest absolute Gasteiger partial charge is 0.121 e. The van der Waals surface area contributed by atoms with Crippen molar-refractivity contribution in [3.05, 3.63) is 64.7 Å². The van der Waals surface area contributed by atoms with Gasteiger partial charge in [-0.15, -0.1) is 0 Å². The van der Waals surface area contributed by atoms with Crippen LogP contribution in [0.15, 0.2) is 48.5 Å². The highest BCUT2D eigenvalue weighted by molar-refractivity contribution is 6.30. The van der Waals surface area contributed by atoms with Crippen molar-refractivity contribution in [2.75, 3.05) is 0 Å². The minimum atomic E-state index is 0.447. The van der Waals surface area contributed by atoms with Crippen LogP contribution in [0.25, 0.3) is 0 Å². The second kappa shape index (κ2) is 5.92. The zero-order valence-electron chi connectivity index (χ0n) is 10.7. The quantitative estimate of drug-likeness (QED) is 0.748. The van der Waals surface area contributed by atoms with Gasteiger partial charge < -0.3 is 4.74 Å². The SMILES string of the molecule is CC(C)c1cc(Cl)cc(OCc2ccccc2)c1. The van der Waals surface area contributed by atoms with Crippen molar-refractivity contribution < 1.29 is 4.74 Å². The Bertz CT molecular complexity index is 506. The lowest BCUT2D eigenvalue weighted by Gasteiger charge is -2.11. The molecule has 2 aromatic rings. The summed E-state index contributed by atoms with van der Waals surface area (Å²) in [6.45, 7) is 4.86. The number of rotatable bonds is 4. The molecule has 0 aromatic heterocycles. The van der Waals surface area contributed by atoms with E-state index in [0.29, 0.717) is 12.5 Å². The van der Waals surface area contributed by atoms with Crippen LogP contribution < -0.4 is 4.74 Å². The van der Waals surface area contributed by atoms with Crippen LogP contribution in [0.4, 0.5) is 0 Å². The molecule has 2 rings (SSSR count). The Balaban J connectivity index is 2.10. The third-order valence-electron chi connectivity index (χ3n) is 2.81. The Hall–Kier alpha value is -1.47. The first-order chi connectivity index (χ1) is 8.65. The summed E-state index contributed by atoms with van der Waals surface area (Å²) in [6, 6.07) is 16.0. The first kappa shape index (κ1) is 13.0. The number of hydrogen-bond acceptors (Lipinski definition) is 1. The molecule has 0 bridgehead atoms. The first-order valence-corrected chi connectivity index (χ1v) is 6.50. The number of benzene rings is 2. The minimum Gasteiger partial charge on any atom is -0.489 e. The largest absolute Gasteiger partial charge is 0.489 e. The molecule has 1 nitrogen and oxygen atoms in total. The van der Waals surface area contributed by atoms with Crippen molar-refractivity contribution in [1.82, 2.24) is 0 Å². The molecule has 2 heteroatoms. The summed E-state index contributed by atoms with van der Waals surface area (Å²) in [7, 11) is 0. The van der Waals surface area contributed by atoms with Crippen LogP contribution in [0.2, 0.25) is 5.02 Å². The van der Waals surface area contributed by atoms with Crippen LogP contribution >= 0.6 is 11.6 Å². The van der Waals surface area contributed by atoms with Crippen molar-refractivity contribution in [2.45, 2.75) is 26.4 Å². The molecule has 0 N–H and O–H groups in total. The van der Waals surface area contributed by atoms with Crippen LogP contribution in [0, 0.1) is 0 Å². The summed E-state index contributed by atoms with van der Waals surface area (Å²) in [4.78, 5) is 0. The molecule has 0 aliphatic rings. The Labute approximate surface area is 113 Å². The van der Waals surface area contributed by atoms with Crippen molar-refractivity contribution in [3.8, 4) is 5.75 Å². The van der Waals surface area contributed by atoms with E-state index in [0.717, 1.165) is 16.3 Å². The summed E-state index contributed by atoms with van der Waals surface area (Å²) in [5.41, 5.74) is 2.36. The maximum absolute atomic E-state index is 6.10. The second-order valence-electron chi connectivity index (χ2n) is 4.65. The molecular formula is C16H17ClO. The molecule has 0 saturated carbocycles. The topological polar surface area (TPSA) is 9.23 Å². The van der Waals surface area contributed by atoms with Gasteiger partial charge in [-0.05, 0) is 35.2 Å². The molecule has 0 fully saturated rings. The predicted octanol–water partition coefficient (Wildman–Crippen LogP) is 5.04. The van der Waals surface area contributed by atoms with E-state index in [1.807, 2.05) is 42.5 Å². The molecule has 0 unspecified atom stereocenters. The normalized spacial score (nSPS) is 10.7. The standard InChI is InChI=1S/C16H17ClO/c1-12(2)14-8-15(17)10-16(9-14)18-11-13-6-4-3-5-7-13/h3-10,12H,11H2,1-2H3. The monoisotopic (exact) mass is 260 g/mol. The molecule has 18 heavy (non-hydrogen) atoms. The highest BCUT2D eigenvalue weighted by Gasteiger charge is 2.04. The van der Waals surface area contributed by atoms with Crippen molar-refractivity contribution in [3.63, 3.8) is 0 Å². The predicted molar refractivity (Wildman–Crippen MR) is 76.3 cm³/mol. The Morgan fingerprint density at radius 2 is 1.78 bits per heavy atom. The molecule has 0 spiro atoms. The Morgan fingerprint density at radius 3 is 2.44 bits per heavy atom. The van der Waals surface area contributed by atoms with E-state index in [1.54, 1.807) is 0 Å². The van der Waals surface area contributed by atoms with Gasteiger partial charge in [0.2, 0.25) is 0 Å². The molecule has 2 aromatic carbocycles. The zero-order valence-corrected chi connectivity index (χ0v) is 11.4. The molecule has 94 valence electrons. The highest BCUT2D eigenvalue weighted by Crippen LogP contribution is 2.26. The fourth-order valence-electron chi connectivity index (χ4n) is 1.74. The maximum Gasteiger partial charge on any atom is 0.121 e. The zero-order chi connectivity index (χ0) is 13.0. The molecule has 0 saturated heterocycles. The van der Waals surface area contributed by atoms with Crippen molar-refractivity contribution in [1.29, 1.82) is 0 Å². The van der Waals surface area contributed by atoms with Gasteiger partial charge in [-0.1, -0.05) is 55.8 Å². The molecule has 0 radical (unpaired) electrons. The molecule has 0 heterocycles. The van der Waals surface area contributed by atoms with E-state index >= 15 is 0 Å². The van der Waals surface area contributed by atoms with Gasteiger partial charge in [0, 0.05) is 5.02 Å². The van der Waals surface area contributed by atoms with E-state index < -0.39 is 0 Å². The molecule has 0 aliphatic carbocycles. The summed E-state index contributed by atoms with van der Waals surface area (Å²) < 4.78 is 5.78. The van der Waals surface area contributed by atoms with E-state index in [9.17, 15) is 0 Å². The molecular weight excluding hydrogens is 244 g/mol. The number of ether oxygens (including phenoxy) is 1. The summed E-state index contributed by atoms with van der Waals surface area (Å²) in [6.07, 6.45) is 0. The molecule has 0 atom stereocenters. The summed E-state index contributed by atoms with van der Waals surface area (Å²) in [5, 5.41) is 0.726. The first-order valence-electron chi connectivity index (χ1n) is 6.12. The Kier molecular flexibility index (Phi) is 4.27. The fraction of sp³-hybridized carbons (Fsp3) is 0.250. The van der Waals surface area contributed by atoms with Crippen molar-refractivity contribution >= 4 is 11.6 Å². The summed E-state index contributed by atoms with van der Waals surface area (Å²) in [5.74, 6) is 1.28. The van der Waals surface area contributed by atoms with Gasteiger partial charge in [-0.2, -0.15) is 0 Å². The van der Waals surface area contributed by atoms with Crippen LogP contribution in [0.1, 0.15) is 30.9 Å². The third kappa shape index (κ3) is 3.51. The van der Waals surface area contributed by atoms with Gasteiger partial charge in [-0.3, -0.25) is 0 Å². The highest BCUT2D eigenvalue weighted by atomic mass is 35.5. The lowest BCUT2D eigenvalue weighted by Crippen LogP contribution is -1.96. The Morgan fingerprint density at radius 1 is 1.06 bits per heavy atom. The number of hydrogen-bond donors (Lipinski definition) is 0. The maximum atomic E-state index is 6.10. The average molecular weight is 261 g/mol. The molecule has 0 aliphatic heterocycles. The third-order valence-corrected chi connectivity index (χ3v) is 3.03. The van der Waals surface area contributed by atoms with Crippen molar-refractivity contribution in [2.24, 2.45) is 0 Å². The lowest BCUT2D eigenvalue weighted by atomic mass is 10.0. The van der Waals surface area contributed by atoms with E-state index in [4.69, 9.17) is 16.3 Å². The van der Waals surface area contributed by atoms with Crippen LogP contribution in [-0.2, 0) is 6.61 Å². The average Bonchev–Trinajstić information content (AvgIpc) is 2.37. The van der Waals surface area contributed by atoms with Crippen LogP contribution in [-0.4, -0.2) is 0 Å². The van der Waals surface area contributed by atoms with E-state index in [2.05, 4.69) is 19.9 Å². The minimum absolute atomic E-state index is 0.447. The van der Waals surface area contributed by atoms with Crippen LogP contribution in [0.3, 0.4) is 0 Å². The fourth-order valence-corrected chi connectivity index (χ4v) is 1.98. The lowest BCUT2D eigenvalue weighted by molar-refractivity contribution is 0.306.